The lowest BCUT2D eigenvalue weighted by atomic mass is 10.1. The van der Waals surface area contributed by atoms with Crippen LogP contribution in [0.5, 0.6) is 0 Å². The summed E-state index contributed by atoms with van der Waals surface area (Å²) in [6.45, 7) is 5.26. The van der Waals surface area contributed by atoms with Crippen LogP contribution in [0.15, 0.2) is 6.07 Å². The van der Waals surface area contributed by atoms with Crippen LogP contribution in [0.4, 0.5) is 0 Å². The van der Waals surface area contributed by atoms with Gasteiger partial charge in [-0.15, -0.1) is 11.6 Å². The maximum atomic E-state index is 6.08. The van der Waals surface area contributed by atoms with E-state index in [4.69, 9.17) is 11.6 Å². The van der Waals surface area contributed by atoms with E-state index in [0.717, 1.165) is 38.2 Å². The predicted octanol–water partition coefficient (Wildman–Crippen LogP) is 1.93. The molecular weight excluding hydrogens is 210 g/mol. The number of rotatable bonds is 2. The fourth-order valence-electron chi connectivity index (χ4n) is 2.10. The predicted molar refractivity (Wildman–Crippen MR) is 62.1 cm³/mol. The van der Waals surface area contributed by atoms with E-state index in [1.54, 1.807) is 0 Å². The standard InChI is InChI=1S/C11H18ClN3/c1-9-7-11(14(2)13-9)8-15-5-3-10(12)4-6-15/h7,10H,3-6,8H2,1-2H3. The molecule has 84 valence electrons. The third kappa shape index (κ3) is 2.73. The highest BCUT2D eigenvalue weighted by Crippen LogP contribution is 2.17. The Morgan fingerprint density at radius 3 is 2.67 bits per heavy atom. The quantitative estimate of drug-likeness (QED) is 0.720. The van der Waals surface area contributed by atoms with E-state index < -0.39 is 0 Å². The number of piperidine rings is 1. The molecule has 15 heavy (non-hydrogen) atoms. The fraction of sp³-hybridized carbons (Fsp3) is 0.727. The zero-order chi connectivity index (χ0) is 10.8. The molecule has 0 spiro atoms. The summed E-state index contributed by atoms with van der Waals surface area (Å²) in [4.78, 5) is 2.45. The second kappa shape index (κ2) is 4.54. The zero-order valence-corrected chi connectivity index (χ0v) is 10.2. The molecule has 0 saturated carbocycles. The second-order valence-corrected chi connectivity index (χ2v) is 4.97. The molecule has 0 aromatic carbocycles. The van der Waals surface area contributed by atoms with E-state index in [1.165, 1.54) is 5.69 Å². The molecule has 2 rings (SSSR count). The first-order chi connectivity index (χ1) is 7.15. The Labute approximate surface area is 96.0 Å². The summed E-state index contributed by atoms with van der Waals surface area (Å²) in [5.41, 5.74) is 2.39. The van der Waals surface area contributed by atoms with Gasteiger partial charge in [0, 0.05) is 19.0 Å². The van der Waals surface area contributed by atoms with Crippen molar-refractivity contribution in [3.8, 4) is 0 Å². The van der Waals surface area contributed by atoms with E-state index in [0.29, 0.717) is 5.38 Å². The highest BCUT2D eigenvalue weighted by atomic mass is 35.5. The Morgan fingerprint density at radius 1 is 1.47 bits per heavy atom. The van der Waals surface area contributed by atoms with Gasteiger partial charge in [-0.3, -0.25) is 9.58 Å². The van der Waals surface area contributed by atoms with Crippen LogP contribution in [-0.2, 0) is 13.6 Å². The van der Waals surface area contributed by atoms with E-state index in [2.05, 4.69) is 16.1 Å². The minimum Gasteiger partial charge on any atom is -0.297 e. The molecule has 2 heterocycles. The molecule has 1 aromatic rings. The van der Waals surface area contributed by atoms with Gasteiger partial charge in [-0.2, -0.15) is 5.10 Å². The Hall–Kier alpha value is -0.540. The molecule has 1 saturated heterocycles. The summed E-state index contributed by atoms with van der Waals surface area (Å²) in [5, 5.41) is 4.74. The van der Waals surface area contributed by atoms with E-state index in [9.17, 15) is 0 Å². The third-order valence-electron chi connectivity index (χ3n) is 3.00. The number of nitrogens with zero attached hydrogens (tertiary/aromatic N) is 3. The Kier molecular flexibility index (Phi) is 3.32. The lowest BCUT2D eigenvalue weighted by molar-refractivity contribution is 0.218. The molecule has 0 aliphatic carbocycles. The summed E-state index contributed by atoms with van der Waals surface area (Å²) < 4.78 is 1.97. The van der Waals surface area contributed by atoms with Crippen molar-refractivity contribution < 1.29 is 0 Å². The number of halogens is 1. The van der Waals surface area contributed by atoms with Gasteiger partial charge in [-0.1, -0.05) is 0 Å². The molecular formula is C11H18ClN3. The van der Waals surface area contributed by atoms with Crippen molar-refractivity contribution in [3.05, 3.63) is 17.5 Å². The van der Waals surface area contributed by atoms with Crippen LogP contribution in [-0.4, -0.2) is 33.1 Å². The highest BCUT2D eigenvalue weighted by molar-refractivity contribution is 6.20. The Balaban J connectivity index is 1.94. The van der Waals surface area contributed by atoms with Crippen LogP contribution in [0.25, 0.3) is 0 Å². The number of likely N-dealkylation sites (tertiary alicyclic amines) is 1. The molecule has 3 nitrogen and oxygen atoms in total. The van der Waals surface area contributed by atoms with Crippen LogP contribution < -0.4 is 0 Å². The molecule has 1 aliphatic heterocycles. The molecule has 0 atom stereocenters. The van der Waals surface area contributed by atoms with Crippen molar-refractivity contribution in [1.29, 1.82) is 0 Å². The number of aromatic nitrogens is 2. The van der Waals surface area contributed by atoms with Crippen molar-refractivity contribution in [2.24, 2.45) is 7.05 Å². The Bertz CT molecular complexity index is 327. The van der Waals surface area contributed by atoms with Crippen molar-refractivity contribution in [1.82, 2.24) is 14.7 Å². The van der Waals surface area contributed by atoms with E-state index in [1.807, 2.05) is 18.7 Å². The second-order valence-electron chi connectivity index (χ2n) is 4.35. The van der Waals surface area contributed by atoms with Crippen LogP contribution >= 0.6 is 11.6 Å². The summed E-state index contributed by atoms with van der Waals surface area (Å²) >= 11 is 6.08. The normalized spacial score (nSPS) is 19.7. The van der Waals surface area contributed by atoms with Gasteiger partial charge in [-0.25, -0.2) is 0 Å². The van der Waals surface area contributed by atoms with Gasteiger partial charge in [-0.05, 0) is 38.9 Å². The highest BCUT2D eigenvalue weighted by Gasteiger charge is 2.18. The molecule has 1 fully saturated rings. The van der Waals surface area contributed by atoms with Crippen LogP contribution in [0.3, 0.4) is 0 Å². The van der Waals surface area contributed by atoms with Gasteiger partial charge in [0.25, 0.3) is 0 Å². The van der Waals surface area contributed by atoms with Gasteiger partial charge in [0.2, 0.25) is 0 Å². The van der Waals surface area contributed by atoms with Crippen LogP contribution in [0.2, 0.25) is 0 Å². The van der Waals surface area contributed by atoms with Gasteiger partial charge >= 0.3 is 0 Å². The van der Waals surface area contributed by atoms with E-state index in [-0.39, 0.29) is 0 Å². The first-order valence-corrected chi connectivity index (χ1v) is 5.95. The average Bonchev–Trinajstić information content (AvgIpc) is 2.49. The lowest BCUT2D eigenvalue weighted by Gasteiger charge is -2.28. The molecule has 4 heteroatoms. The smallest absolute Gasteiger partial charge is 0.0597 e. The van der Waals surface area contributed by atoms with E-state index >= 15 is 0 Å². The van der Waals surface area contributed by atoms with Gasteiger partial charge in [0.15, 0.2) is 0 Å². The van der Waals surface area contributed by atoms with Crippen molar-refractivity contribution in [3.63, 3.8) is 0 Å². The van der Waals surface area contributed by atoms with Crippen molar-refractivity contribution >= 4 is 11.6 Å². The minimum absolute atomic E-state index is 0.384. The first-order valence-electron chi connectivity index (χ1n) is 5.51. The van der Waals surface area contributed by atoms with Crippen molar-refractivity contribution in [2.45, 2.75) is 31.7 Å². The first kappa shape index (κ1) is 11.0. The molecule has 0 amide bonds. The molecule has 0 N–H and O–H groups in total. The maximum Gasteiger partial charge on any atom is 0.0597 e. The molecule has 0 radical (unpaired) electrons. The largest absolute Gasteiger partial charge is 0.297 e. The maximum absolute atomic E-state index is 6.08. The average molecular weight is 228 g/mol. The monoisotopic (exact) mass is 227 g/mol. The SMILES string of the molecule is Cc1cc(CN2CCC(Cl)CC2)n(C)n1. The molecule has 0 bridgehead atoms. The summed E-state index contributed by atoms with van der Waals surface area (Å²) in [5.74, 6) is 0. The number of hydrogen-bond donors (Lipinski definition) is 0. The number of alkyl halides is 1. The summed E-state index contributed by atoms with van der Waals surface area (Å²) in [6, 6.07) is 2.16. The van der Waals surface area contributed by atoms with Crippen LogP contribution in [0, 0.1) is 6.92 Å². The molecule has 1 aliphatic rings. The molecule has 1 aromatic heterocycles. The third-order valence-corrected chi connectivity index (χ3v) is 3.44. The van der Waals surface area contributed by atoms with Gasteiger partial charge in [0.05, 0.1) is 11.4 Å². The lowest BCUT2D eigenvalue weighted by Crippen LogP contribution is -2.34. The van der Waals surface area contributed by atoms with Crippen molar-refractivity contribution in [2.75, 3.05) is 13.1 Å². The van der Waals surface area contributed by atoms with Crippen LogP contribution in [0.1, 0.15) is 24.2 Å². The Morgan fingerprint density at radius 2 is 2.13 bits per heavy atom. The zero-order valence-electron chi connectivity index (χ0n) is 9.41. The summed E-state index contributed by atoms with van der Waals surface area (Å²) in [7, 11) is 2.01. The number of hydrogen-bond acceptors (Lipinski definition) is 2. The van der Waals surface area contributed by atoms with Gasteiger partial charge in [0.1, 0.15) is 0 Å². The minimum atomic E-state index is 0.384. The summed E-state index contributed by atoms with van der Waals surface area (Å²) in [6.07, 6.45) is 2.22. The fourth-order valence-corrected chi connectivity index (χ4v) is 2.30. The number of aryl methyl sites for hydroxylation is 2. The van der Waals surface area contributed by atoms with Gasteiger partial charge < -0.3 is 0 Å². The topological polar surface area (TPSA) is 21.1 Å². The molecule has 0 unspecified atom stereocenters.